The van der Waals surface area contributed by atoms with Gasteiger partial charge in [-0.2, -0.15) is 0 Å². The Morgan fingerprint density at radius 3 is 2.50 bits per heavy atom. The van der Waals surface area contributed by atoms with Crippen molar-refractivity contribution in [1.29, 1.82) is 0 Å². The third-order valence-corrected chi connectivity index (χ3v) is 4.26. The SMILES string of the molecule is CCCCN1C(=O)C(C)(CC)NC(=O)C1C1CC1. The molecule has 0 bridgehead atoms. The summed E-state index contributed by atoms with van der Waals surface area (Å²) in [6.07, 6.45) is 4.83. The highest BCUT2D eigenvalue weighted by Gasteiger charge is 2.51. The van der Waals surface area contributed by atoms with E-state index in [1.807, 2.05) is 18.7 Å². The second-order valence-corrected chi connectivity index (χ2v) is 5.81. The van der Waals surface area contributed by atoms with Gasteiger partial charge in [-0.3, -0.25) is 9.59 Å². The Labute approximate surface area is 109 Å². The summed E-state index contributed by atoms with van der Waals surface area (Å²) in [5.74, 6) is 0.555. The van der Waals surface area contributed by atoms with Crippen LogP contribution < -0.4 is 5.32 Å². The van der Waals surface area contributed by atoms with Gasteiger partial charge in [-0.1, -0.05) is 20.3 Å². The first-order valence-corrected chi connectivity index (χ1v) is 7.16. The number of carbonyl (C=O) groups is 2. The fourth-order valence-corrected chi connectivity index (χ4v) is 2.67. The van der Waals surface area contributed by atoms with Crippen molar-refractivity contribution in [3.8, 4) is 0 Å². The third kappa shape index (κ3) is 2.25. The molecule has 1 aliphatic carbocycles. The lowest BCUT2D eigenvalue weighted by molar-refractivity contribution is -0.155. The minimum atomic E-state index is -0.698. The maximum absolute atomic E-state index is 12.6. The van der Waals surface area contributed by atoms with Crippen LogP contribution >= 0.6 is 0 Å². The summed E-state index contributed by atoms with van der Waals surface area (Å²) in [6.45, 7) is 6.63. The van der Waals surface area contributed by atoms with Crippen LogP contribution in [0.5, 0.6) is 0 Å². The molecule has 1 saturated heterocycles. The van der Waals surface area contributed by atoms with Crippen LogP contribution in [0.25, 0.3) is 0 Å². The molecule has 102 valence electrons. The topological polar surface area (TPSA) is 49.4 Å². The van der Waals surface area contributed by atoms with Crippen molar-refractivity contribution in [3.05, 3.63) is 0 Å². The Balaban J connectivity index is 2.21. The largest absolute Gasteiger partial charge is 0.340 e. The van der Waals surface area contributed by atoms with Crippen molar-refractivity contribution in [1.82, 2.24) is 10.2 Å². The predicted octanol–water partition coefficient (Wildman–Crippen LogP) is 1.69. The van der Waals surface area contributed by atoms with Gasteiger partial charge in [-0.05, 0) is 38.5 Å². The first-order valence-electron chi connectivity index (χ1n) is 7.16. The quantitative estimate of drug-likeness (QED) is 0.809. The number of carbonyl (C=O) groups excluding carboxylic acids is 2. The average Bonchev–Trinajstić information content (AvgIpc) is 3.16. The van der Waals surface area contributed by atoms with Crippen molar-refractivity contribution in [2.24, 2.45) is 5.92 Å². The number of hydrogen-bond acceptors (Lipinski definition) is 2. The van der Waals surface area contributed by atoms with Crippen LogP contribution in [0, 0.1) is 5.92 Å². The third-order valence-electron chi connectivity index (χ3n) is 4.26. The number of nitrogens with one attached hydrogen (secondary N) is 1. The Hall–Kier alpha value is -1.06. The van der Waals surface area contributed by atoms with Gasteiger partial charge in [-0.25, -0.2) is 0 Å². The zero-order valence-electron chi connectivity index (χ0n) is 11.7. The van der Waals surface area contributed by atoms with Crippen LogP contribution in [0.4, 0.5) is 0 Å². The molecule has 4 heteroatoms. The van der Waals surface area contributed by atoms with Gasteiger partial charge in [0.1, 0.15) is 11.6 Å². The first kappa shape index (κ1) is 13.4. The van der Waals surface area contributed by atoms with Crippen LogP contribution in [-0.2, 0) is 9.59 Å². The van der Waals surface area contributed by atoms with E-state index in [-0.39, 0.29) is 17.9 Å². The van der Waals surface area contributed by atoms with Gasteiger partial charge < -0.3 is 10.2 Å². The summed E-state index contributed by atoms with van der Waals surface area (Å²) < 4.78 is 0. The second kappa shape index (κ2) is 4.90. The molecule has 2 rings (SSSR count). The molecule has 18 heavy (non-hydrogen) atoms. The molecule has 2 atom stereocenters. The van der Waals surface area contributed by atoms with Crippen LogP contribution in [0.1, 0.15) is 52.9 Å². The summed E-state index contributed by atoms with van der Waals surface area (Å²) >= 11 is 0. The summed E-state index contributed by atoms with van der Waals surface area (Å²) in [4.78, 5) is 26.7. The smallest absolute Gasteiger partial charge is 0.248 e. The predicted molar refractivity (Wildman–Crippen MR) is 70.0 cm³/mol. The van der Waals surface area contributed by atoms with Gasteiger partial charge in [0.25, 0.3) is 0 Å². The van der Waals surface area contributed by atoms with Gasteiger partial charge in [0.05, 0.1) is 0 Å². The first-order chi connectivity index (χ1) is 8.53. The van der Waals surface area contributed by atoms with Crippen molar-refractivity contribution >= 4 is 11.8 Å². The van der Waals surface area contributed by atoms with Crippen LogP contribution in [-0.4, -0.2) is 34.8 Å². The molecule has 0 spiro atoms. The summed E-state index contributed by atoms with van der Waals surface area (Å²) in [5, 5.41) is 2.94. The maximum atomic E-state index is 12.6. The lowest BCUT2D eigenvalue weighted by atomic mass is 9.90. The molecule has 0 radical (unpaired) electrons. The molecule has 2 aliphatic rings. The van der Waals surface area contributed by atoms with Gasteiger partial charge in [0.15, 0.2) is 0 Å². The molecule has 0 aromatic carbocycles. The van der Waals surface area contributed by atoms with Crippen molar-refractivity contribution < 1.29 is 9.59 Å². The Bertz CT molecular complexity index is 352. The van der Waals surface area contributed by atoms with Crippen LogP contribution in [0.2, 0.25) is 0 Å². The summed E-state index contributed by atoms with van der Waals surface area (Å²) in [6, 6.07) is -0.205. The van der Waals surface area contributed by atoms with E-state index in [9.17, 15) is 9.59 Å². The van der Waals surface area contributed by atoms with E-state index in [0.717, 1.165) is 32.2 Å². The number of unbranched alkanes of at least 4 members (excludes halogenated alkanes) is 1. The van der Waals surface area contributed by atoms with Gasteiger partial charge in [-0.15, -0.1) is 0 Å². The number of rotatable bonds is 5. The summed E-state index contributed by atoms with van der Waals surface area (Å²) in [5.41, 5.74) is -0.698. The normalized spacial score (nSPS) is 32.6. The average molecular weight is 252 g/mol. The fourth-order valence-electron chi connectivity index (χ4n) is 2.67. The maximum Gasteiger partial charge on any atom is 0.248 e. The molecule has 1 aliphatic heterocycles. The molecule has 2 fully saturated rings. The van der Waals surface area contributed by atoms with E-state index in [1.165, 1.54) is 0 Å². The number of piperazine rings is 1. The van der Waals surface area contributed by atoms with Gasteiger partial charge in [0.2, 0.25) is 11.8 Å². The fraction of sp³-hybridized carbons (Fsp3) is 0.857. The molecular formula is C14H24N2O2. The lowest BCUT2D eigenvalue weighted by Gasteiger charge is -2.44. The van der Waals surface area contributed by atoms with Gasteiger partial charge in [0, 0.05) is 6.54 Å². The molecule has 0 aromatic rings. The monoisotopic (exact) mass is 252 g/mol. The molecule has 2 unspecified atom stereocenters. The molecule has 0 aromatic heterocycles. The Morgan fingerprint density at radius 1 is 1.33 bits per heavy atom. The van der Waals surface area contributed by atoms with Gasteiger partial charge >= 0.3 is 0 Å². The zero-order valence-corrected chi connectivity index (χ0v) is 11.7. The highest BCUT2D eigenvalue weighted by atomic mass is 16.2. The number of amides is 2. The number of nitrogens with zero attached hydrogens (tertiary/aromatic N) is 1. The van der Waals surface area contributed by atoms with Crippen LogP contribution in [0.3, 0.4) is 0 Å². The summed E-state index contributed by atoms with van der Waals surface area (Å²) in [7, 11) is 0. The van der Waals surface area contributed by atoms with E-state index < -0.39 is 5.54 Å². The molecular weight excluding hydrogens is 228 g/mol. The van der Waals surface area contributed by atoms with E-state index in [0.29, 0.717) is 12.3 Å². The molecule has 1 saturated carbocycles. The Kier molecular flexibility index (Phi) is 3.64. The van der Waals surface area contributed by atoms with Crippen molar-refractivity contribution in [3.63, 3.8) is 0 Å². The van der Waals surface area contributed by atoms with E-state index in [4.69, 9.17) is 0 Å². The van der Waals surface area contributed by atoms with E-state index in [2.05, 4.69) is 12.2 Å². The van der Waals surface area contributed by atoms with Crippen LogP contribution in [0.15, 0.2) is 0 Å². The lowest BCUT2D eigenvalue weighted by Crippen LogP contribution is -2.69. The zero-order chi connectivity index (χ0) is 13.3. The molecule has 2 amide bonds. The molecule has 4 nitrogen and oxygen atoms in total. The highest BCUT2D eigenvalue weighted by Crippen LogP contribution is 2.38. The standard InChI is InChI=1S/C14H24N2O2/c1-4-6-9-16-11(10-7-8-10)12(17)15-14(3,5-2)13(16)18/h10-11H,4-9H2,1-3H3,(H,15,17). The molecule has 1 N–H and O–H groups in total. The highest BCUT2D eigenvalue weighted by molar-refractivity contribution is 5.99. The molecule has 1 heterocycles. The second-order valence-electron chi connectivity index (χ2n) is 5.81. The van der Waals surface area contributed by atoms with E-state index >= 15 is 0 Å². The number of hydrogen-bond donors (Lipinski definition) is 1. The minimum Gasteiger partial charge on any atom is -0.340 e. The van der Waals surface area contributed by atoms with Crippen molar-refractivity contribution in [2.45, 2.75) is 64.5 Å². The van der Waals surface area contributed by atoms with Crippen molar-refractivity contribution in [2.75, 3.05) is 6.54 Å². The minimum absolute atomic E-state index is 0.0533. The van der Waals surface area contributed by atoms with E-state index in [1.54, 1.807) is 0 Å². The Morgan fingerprint density at radius 2 is 2.00 bits per heavy atom.